The molecular formula is C45H50N4O5. The van der Waals surface area contributed by atoms with Gasteiger partial charge in [-0.05, 0) is 95.9 Å². The lowest BCUT2D eigenvalue weighted by atomic mass is 9.82. The zero-order valence-electron chi connectivity index (χ0n) is 31.8. The number of fused-ring (bicyclic) bond motifs is 2. The highest BCUT2D eigenvalue weighted by molar-refractivity contribution is 6.41. The monoisotopic (exact) mass is 726 g/mol. The fraction of sp³-hybridized carbons (Fsp3) is 0.422. The van der Waals surface area contributed by atoms with Gasteiger partial charge in [0.1, 0.15) is 6.04 Å². The molecule has 2 aliphatic heterocycles. The molecule has 0 aliphatic carbocycles. The number of nitrogens with one attached hydrogen (secondary N) is 1. The van der Waals surface area contributed by atoms with Crippen molar-refractivity contribution < 1.29 is 24.0 Å². The third-order valence-electron chi connectivity index (χ3n) is 11.7. The van der Waals surface area contributed by atoms with Crippen LogP contribution in [0.15, 0.2) is 53.5 Å². The summed E-state index contributed by atoms with van der Waals surface area (Å²) in [6, 6.07) is 14.5. The Kier molecular flexibility index (Phi) is 10.8. The van der Waals surface area contributed by atoms with E-state index in [0.717, 1.165) is 96.5 Å². The summed E-state index contributed by atoms with van der Waals surface area (Å²) in [5.74, 6) is -1.32. The Bertz CT molecular complexity index is 2180. The molecule has 0 saturated carbocycles. The summed E-state index contributed by atoms with van der Waals surface area (Å²) in [5.41, 5.74) is 2.06. The third kappa shape index (κ3) is 6.31. The average molecular weight is 727 g/mol. The molecule has 0 aromatic heterocycles. The predicted molar refractivity (Wildman–Crippen MR) is 216 cm³/mol. The van der Waals surface area contributed by atoms with Crippen LogP contribution in [0, 0.1) is 0 Å². The summed E-state index contributed by atoms with van der Waals surface area (Å²) < 4.78 is 0. The van der Waals surface area contributed by atoms with E-state index in [-0.39, 0.29) is 42.1 Å². The summed E-state index contributed by atoms with van der Waals surface area (Å²) in [4.78, 5) is 75.3. The van der Waals surface area contributed by atoms with Crippen LogP contribution in [0.3, 0.4) is 0 Å². The summed E-state index contributed by atoms with van der Waals surface area (Å²) >= 11 is 0. The minimum Gasteiger partial charge on any atom is -0.354 e. The van der Waals surface area contributed by atoms with Gasteiger partial charge in [-0.2, -0.15) is 0 Å². The average Bonchev–Trinajstić information content (AvgIpc) is 3.18. The number of unbranched alkanes of at least 4 members (excludes halogenated alkanes) is 7. The van der Waals surface area contributed by atoms with Crippen LogP contribution in [-0.4, -0.2) is 71.2 Å². The standard InChI is InChI=1S/C45H50N4O5/c1-5-7-9-11-15-28(16-12-10-8-6-2)49-44(53)35-23-19-31-29-17-21-33-39-34(43(52)48(42(33)51)26-14-13-25-47-41(50)27(3)46-4)22-18-30(37(29)39)32-20-24-36(45(49)54)40(35)38(31)32/h17-24,27-28H,4-16,25-26H2,1-3H3,(H,47,50)/t27-/m0/s1. The number of rotatable bonds is 18. The van der Waals surface area contributed by atoms with Gasteiger partial charge in [0.2, 0.25) is 5.91 Å². The Morgan fingerprint density at radius 3 is 1.48 bits per heavy atom. The number of carbonyl (C=O) groups is 5. The van der Waals surface area contributed by atoms with Gasteiger partial charge in [-0.25, -0.2) is 0 Å². The molecule has 0 bridgehead atoms. The maximum Gasteiger partial charge on any atom is 0.261 e. The number of amides is 5. The van der Waals surface area contributed by atoms with Crippen molar-refractivity contribution in [1.29, 1.82) is 0 Å². The van der Waals surface area contributed by atoms with E-state index in [9.17, 15) is 24.0 Å². The predicted octanol–water partition coefficient (Wildman–Crippen LogP) is 9.22. The van der Waals surface area contributed by atoms with Crippen molar-refractivity contribution in [3.05, 3.63) is 70.8 Å². The first-order valence-corrected chi connectivity index (χ1v) is 19.9. The zero-order valence-corrected chi connectivity index (χ0v) is 31.8. The minimum absolute atomic E-state index is 0.134. The van der Waals surface area contributed by atoms with Crippen molar-refractivity contribution in [2.75, 3.05) is 13.1 Å². The quantitative estimate of drug-likeness (QED) is 0.0318. The van der Waals surface area contributed by atoms with Crippen molar-refractivity contribution in [2.45, 2.75) is 110 Å². The minimum atomic E-state index is -0.531. The van der Waals surface area contributed by atoms with Crippen molar-refractivity contribution in [3.63, 3.8) is 0 Å². The molecule has 2 aliphatic rings. The van der Waals surface area contributed by atoms with Crippen LogP contribution >= 0.6 is 0 Å². The van der Waals surface area contributed by atoms with Crippen LogP contribution in [-0.2, 0) is 4.79 Å². The van der Waals surface area contributed by atoms with Gasteiger partial charge >= 0.3 is 0 Å². The van der Waals surface area contributed by atoms with Crippen LogP contribution in [0.2, 0.25) is 0 Å². The molecule has 5 aromatic carbocycles. The van der Waals surface area contributed by atoms with E-state index in [1.165, 1.54) is 4.90 Å². The van der Waals surface area contributed by atoms with E-state index in [4.69, 9.17) is 0 Å². The first-order valence-electron chi connectivity index (χ1n) is 19.9. The van der Waals surface area contributed by atoms with E-state index in [1.807, 2.05) is 36.4 Å². The topological polar surface area (TPSA) is 116 Å². The molecular weight excluding hydrogens is 677 g/mol. The van der Waals surface area contributed by atoms with Crippen LogP contribution in [0.4, 0.5) is 0 Å². The largest absolute Gasteiger partial charge is 0.354 e. The van der Waals surface area contributed by atoms with Crippen LogP contribution in [0.1, 0.15) is 139 Å². The smallest absolute Gasteiger partial charge is 0.261 e. The molecule has 5 amide bonds. The van der Waals surface area contributed by atoms with E-state index in [2.05, 4.69) is 30.9 Å². The summed E-state index contributed by atoms with van der Waals surface area (Å²) in [6.07, 6.45) is 11.5. The van der Waals surface area contributed by atoms with Crippen LogP contribution in [0.5, 0.6) is 0 Å². The SMILES string of the molecule is C=N[C@@H](C)C(=O)NCCCCN1C(=O)c2ccc3c4ccc5c6c(ccc(c7ccc(c2c37)C1=O)c64)C(=O)N(C(CCCCCC)CCCCCC)C5=O. The molecule has 9 nitrogen and oxygen atoms in total. The number of carbonyl (C=O) groups excluding carboxylic acids is 5. The highest BCUT2D eigenvalue weighted by atomic mass is 16.2. The molecule has 7 rings (SSSR count). The maximum absolute atomic E-state index is 14.4. The molecule has 0 unspecified atom stereocenters. The van der Waals surface area contributed by atoms with Gasteiger partial charge in [-0.1, -0.05) is 89.5 Å². The van der Waals surface area contributed by atoms with E-state index >= 15 is 0 Å². The van der Waals surface area contributed by atoms with E-state index in [1.54, 1.807) is 24.0 Å². The Labute approximate surface area is 316 Å². The fourth-order valence-electron chi connectivity index (χ4n) is 8.72. The highest BCUT2D eigenvalue weighted by Crippen LogP contribution is 2.46. The lowest BCUT2D eigenvalue weighted by Crippen LogP contribution is -2.47. The first kappa shape index (κ1) is 37.1. The second-order valence-electron chi connectivity index (χ2n) is 15.1. The lowest BCUT2D eigenvalue weighted by Gasteiger charge is -2.35. The zero-order chi connectivity index (χ0) is 38.1. The molecule has 0 fully saturated rings. The normalized spacial score (nSPS) is 14.8. The molecule has 0 radical (unpaired) electrons. The third-order valence-corrected chi connectivity index (χ3v) is 11.7. The molecule has 2 heterocycles. The molecule has 1 N–H and O–H groups in total. The number of imide groups is 2. The van der Waals surface area contributed by atoms with Gasteiger partial charge in [0, 0.05) is 52.2 Å². The van der Waals surface area contributed by atoms with Crippen molar-refractivity contribution in [3.8, 4) is 0 Å². The molecule has 9 heteroatoms. The fourth-order valence-corrected chi connectivity index (χ4v) is 8.72. The van der Waals surface area contributed by atoms with Crippen molar-refractivity contribution in [2.24, 2.45) is 4.99 Å². The van der Waals surface area contributed by atoms with Crippen LogP contribution < -0.4 is 5.32 Å². The Hall–Kier alpha value is -5.18. The number of nitrogens with zero attached hydrogens (tertiary/aromatic N) is 3. The molecule has 1 atom stereocenters. The van der Waals surface area contributed by atoms with Gasteiger partial charge in [0.05, 0.1) is 0 Å². The summed E-state index contributed by atoms with van der Waals surface area (Å²) in [5, 5.41) is 9.37. The molecule has 54 heavy (non-hydrogen) atoms. The Morgan fingerprint density at radius 2 is 1.06 bits per heavy atom. The summed E-state index contributed by atoms with van der Waals surface area (Å²) in [6.45, 7) is 10.1. The van der Waals surface area contributed by atoms with Crippen molar-refractivity contribution >= 4 is 79.3 Å². The number of hydrogen-bond donors (Lipinski definition) is 1. The molecule has 5 aromatic rings. The highest BCUT2D eigenvalue weighted by Gasteiger charge is 2.39. The second-order valence-corrected chi connectivity index (χ2v) is 15.1. The van der Waals surface area contributed by atoms with Gasteiger partial charge in [0.25, 0.3) is 23.6 Å². The number of aliphatic imine (C=N–C) groups is 1. The van der Waals surface area contributed by atoms with E-state index < -0.39 is 6.04 Å². The molecule has 280 valence electrons. The van der Waals surface area contributed by atoms with Gasteiger partial charge < -0.3 is 5.32 Å². The van der Waals surface area contributed by atoms with Crippen LogP contribution in [0.25, 0.3) is 43.1 Å². The maximum atomic E-state index is 14.4. The van der Waals surface area contributed by atoms with E-state index in [0.29, 0.717) is 52.4 Å². The number of hydrogen-bond acceptors (Lipinski definition) is 6. The van der Waals surface area contributed by atoms with Crippen molar-refractivity contribution in [1.82, 2.24) is 15.1 Å². The first-order chi connectivity index (χ1) is 26.2. The van der Waals surface area contributed by atoms with Gasteiger partial charge in [0.15, 0.2) is 0 Å². The van der Waals surface area contributed by atoms with Gasteiger partial charge in [-0.15, -0.1) is 0 Å². The number of benzene rings is 5. The Morgan fingerprint density at radius 1 is 0.611 bits per heavy atom. The summed E-state index contributed by atoms with van der Waals surface area (Å²) in [7, 11) is 0. The second kappa shape index (κ2) is 15.7. The molecule has 0 spiro atoms. The Balaban J connectivity index is 1.23. The molecule has 0 saturated heterocycles. The van der Waals surface area contributed by atoms with Gasteiger partial charge in [-0.3, -0.25) is 38.8 Å². The lowest BCUT2D eigenvalue weighted by molar-refractivity contribution is -0.121.